The van der Waals surface area contributed by atoms with E-state index in [0.29, 0.717) is 21.8 Å². The number of carbonyl (C=O) groups excluding carboxylic acids is 3. The zero-order chi connectivity index (χ0) is 62.0. The quantitative estimate of drug-likeness (QED) is 0.0790. The van der Waals surface area contributed by atoms with Crippen molar-refractivity contribution in [2.24, 2.45) is 15.7 Å². The summed E-state index contributed by atoms with van der Waals surface area (Å²) in [6, 6.07) is 57.3. The Morgan fingerprint density at radius 2 is 0.989 bits per heavy atom. The molecule has 4 aromatic heterocycles. The molecule has 0 bridgehead atoms. The van der Waals surface area contributed by atoms with Crippen molar-refractivity contribution in [2.75, 3.05) is 22.1 Å². The average molecular weight is 1240 g/mol. The van der Waals surface area contributed by atoms with Gasteiger partial charge in [0.15, 0.2) is 22.0 Å². The number of rotatable bonds is 9. The molecule has 20 heteroatoms. The minimum atomic E-state index is -0.579. The van der Waals surface area contributed by atoms with Crippen LogP contribution in [0.5, 0.6) is 0 Å². The molecule has 7 N–H and O–H groups in total. The first-order valence-electron chi connectivity index (χ1n) is 30.4. The number of pyridine rings is 2. The number of fused-ring (bicyclic) bond motifs is 10. The van der Waals surface area contributed by atoms with Crippen molar-refractivity contribution in [3.05, 3.63) is 193 Å². The van der Waals surface area contributed by atoms with Gasteiger partial charge in [-0.2, -0.15) is 0 Å². The number of thioether (sulfide) groups is 2. The largest absolute Gasteiger partial charge is 0.444 e. The van der Waals surface area contributed by atoms with Crippen LogP contribution in [0, 0.1) is 0 Å². The maximum atomic E-state index is 12.9. The number of carbonyl (C=O) groups is 3. The smallest absolute Gasteiger partial charge is 0.408 e. The molecule has 2 saturated carbocycles. The van der Waals surface area contributed by atoms with Crippen LogP contribution >= 0.6 is 23.5 Å². The SMILES string of the molecule is CC(C)(C)OC(=O)NC1(c2ccc(-c3c(-c4ccc(N=C5NC(=O)CS5)cc4)nc4n3-c3cccnc3Nc3ccccc3-4)cc2)CCC1.NC1(c2ccc(-c3c(-c4ccc(N=C5NC(=O)CS5)cc4)nc4n3-c3cccnc3Nc3ccccc3-4)cc2)CCC1. The van der Waals surface area contributed by atoms with Crippen LogP contribution in [0.2, 0.25) is 0 Å². The van der Waals surface area contributed by atoms with Crippen molar-refractivity contribution in [3.8, 4) is 79.2 Å². The van der Waals surface area contributed by atoms with E-state index in [2.05, 4.69) is 125 Å². The highest BCUT2D eigenvalue weighted by molar-refractivity contribution is 8.15. The Balaban J connectivity index is 0.000000153. The highest BCUT2D eigenvalue weighted by atomic mass is 32.2. The van der Waals surface area contributed by atoms with Gasteiger partial charge in [-0.3, -0.25) is 18.7 Å². The zero-order valence-corrected chi connectivity index (χ0v) is 51.7. The predicted molar refractivity (Wildman–Crippen MR) is 362 cm³/mol. The number of aliphatic imine (C=N–C) groups is 2. The lowest BCUT2D eigenvalue weighted by Gasteiger charge is -2.43. The number of alkyl carbamates (subject to hydrolysis) is 1. The average Bonchev–Trinajstić information content (AvgIpc) is 1.63. The van der Waals surface area contributed by atoms with Crippen LogP contribution in [-0.2, 0) is 25.4 Å². The molecule has 452 valence electrons. The molecule has 18 nitrogen and oxygen atoms in total. The van der Waals surface area contributed by atoms with Gasteiger partial charge in [-0.1, -0.05) is 121 Å². The van der Waals surface area contributed by atoms with Crippen LogP contribution in [-0.4, -0.2) is 74.4 Å². The topological polar surface area (TPSA) is 233 Å². The number of para-hydroxylation sites is 2. The molecule has 0 unspecified atom stereocenters. The van der Waals surface area contributed by atoms with Crippen LogP contribution in [0.4, 0.5) is 39.2 Å². The second-order valence-corrected chi connectivity index (χ2v) is 26.3. The van der Waals surface area contributed by atoms with Crippen molar-refractivity contribution < 1.29 is 19.1 Å². The molecule has 3 amide bonds. The maximum Gasteiger partial charge on any atom is 0.408 e. The third kappa shape index (κ3) is 11.0. The van der Waals surface area contributed by atoms with Crippen molar-refractivity contribution in [3.63, 3.8) is 0 Å². The Kier molecular flexibility index (Phi) is 14.5. The second-order valence-electron chi connectivity index (χ2n) is 24.3. The van der Waals surface area contributed by atoms with Gasteiger partial charge in [-0.05, 0) is 143 Å². The summed E-state index contributed by atoms with van der Waals surface area (Å²) >= 11 is 2.81. The molecule has 4 aliphatic heterocycles. The number of imidazole rings is 2. The van der Waals surface area contributed by atoms with Crippen molar-refractivity contribution in [2.45, 2.75) is 76.0 Å². The van der Waals surface area contributed by atoms with E-state index in [1.54, 1.807) is 12.4 Å². The van der Waals surface area contributed by atoms with Crippen LogP contribution in [0.15, 0.2) is 192 Å². The fourth-order valence-corrected chi connectivity index (χ4v) is 13.8. The normalized spacial score (nSPS) is 17.0. The molecular formula is C71H62N14O4S2. The first-order valence-corrected chi connectivity index (χ1v) is 32.3. The second kappa shape index (κ2) is 23.0. The molecule has 6 aliphatic rings. The van der Waals surface area contributed by atoms with Gasteiger partial charge in [0.1, 0.15) is 17.2 Å². The van der Waals surface area contributed by atoms with Gasteiger partial charge in [0.05, 0.1) is 73.9 Å². The van der Waals surface area contributed by atoms with E-state index < -0.39 is 17.2 Å². The molecule has 91 heavy (non-hydrogen) atoms. The summed E-state index contributed by atoms with van der Waals surface area (Å²) in [6.07, 6.45) is 9.10. The van der Waals surface area contributed by atoms with E-state index in [1.807, 2.05) is 112 Å². The number of ether oxygens (including phenoxy) is 1. The molecular weight excluding hydrogens is 1180 g/mol. The number of aromatic nitrogens is 6. The van der Waals surface area contributed by atoms with E-state index in [0.717, 1.165) is 151 Å². The molecule has 4 fully saturated rings. The Morgan fingerprint density at radius 3 is 1.40 bits per heavy atom. The number of amidine groups is 2. The highest BCUT2D eigenvalue weighted by Crippen LogP contribution is 2.49. The summed E-state index contributed by atoms with van der Waals surface area (Å²) in [7, 11) is 0. The number of nitrogens with two attached hydrogens (primary N) is 1. The maximum absolute atomic E-state index is 12.9. The first kappa shape index (κ1) is 57.3. The van der Waals surface area contributed by atoms with Crippen molar-refractivity contribution in [1.29, 1.82) is 0 Å². The number of anilines is 4. The van der Waals surface area contributed by atoms with Gasteiger partial charge >= 0.3 is 6.09 Å². The number of nitrogens with one attached hydrogen (secondary N) is 5. The first-order chi connectivity index (χ1) is 44.2. The van der Waals surface area contributed by atoms with E-state index >= 15 is 0 Å². The van der Waals surface area contributed by atoms with Crippen molar-refractivity contribution >= 4 is 86.2 Å². The molecule has 2 saturated heterocycles. The summed E-state index contributed by atoms with van der Waals surface area (Å²) in [5.41, 5.74) is 22.2. The summed E-state index contributed by atoms with van der Waals surface area (Å²) in [5, 5.41) is 17.1. The van der Waals surface area contributed by atoms with E-state index in [9.17, 15) is 14.4 Å². The summed E-state index contributed by atoms with van der Waals surface area (Å²) in [5.74, 6) is 3.84. The fourth-order valence-electron chi connectivity index (χ4n) is 12.4. The lowest BCUT2D eigenvalue weighted by atomic mass is 9.71. The predicted octanol–water partition coefficient (Wildman–Crippen LogP) is 14.6. The number of hydrogen-bond acceptors (Lipinski definition) is 15. The lowest BCUT2D eigenvalue weighted by molar-refractivity contribution is -0.117. The Labute approximate surface area is 533 Å². The van der Waals surface area contributed by atoms with Gasteiger partial charge in [-0.15, -0.1) is 0 Å². The molecule has 0 radical (unpaired) electrons. The minimum Gasteiger partial charge on any atom is -0.444 e. The number of amides is 3. The Hall–Kier alpha value is -10.2. The van der Waals surface area contributed by atoms with Crippen LogP contribution in [0.25, 0.3) is 79.2 Å². The summed E-state index contributed by atoms with van der Waals surface area (Å²) in [4.78, 5) is 65.4. The molecule has 6 aromatic carbocycles. The van der Waals surface area contributed by atoms with Crippen LogP contribution in [0.3, 0.4) is 0 Å². The van der Waals surface area contributed by atoms with Gasteiger partial charge < -0.3 is 37.1 Å². The van der Waals surface area contributed by atoms with E-state index in [1.165, 1.54) is 35.5 Å². The van der Waals surface area contributed by atoms with E-state index in [-0.39, 0.29) is 17.4 Å². The van der Waals surface area contributed by atoms with Crippen LogP contribution < -0.4 is 32.3 Å². The Morgan fingerprint density at radius 1 is 0.549 bits per heavy atom. The van der Waals surface area contributed by atoms with Gasteiger partial charge in [0, 0.05) is 51.3 Å². The molecule has 0 spiro atoms. The fraction of sp³-hybridized carbons (Fsp3) is 0.197. The third-order valence-electron chi connectivity index (χ3n) is 17.2. The van der Waals surface area contributed by atoms with Gasteiger partial charge in [0.2, 0.25) is 11.8 Å². The zero-order valence-electron chi connectivity index (χ0n) is 50.1. The number of benzene rings is 6. The third-order valence-corrected chi connectivity index (χ3v) is 19.0. The van der Waals surface area contributed by atoms with E-state index in [4.69, 9.17) is 30.4 Å². The molecule has 0 atom stereocenters. The van der Waals surface area contributed by atoms with Crippen molar-refractivity contribution in [1.82, 2.24) is 45.0 Å². The summed E-state index contributed by atoms with van der Waals surface area (Å²) < 4.78 is 10.0. The molecule has 10 aromatic rings. The monoisotopic (exact) mass is 1240 g/mol. The molecule has 2 aliphatic carbocycles. The standard InChI is InChI=1S/C38H35N7O3S.C33H27N7OS/c1-37(2,3)48-36(47)44-38(19-7-20-38)25-15-11-24(12-16-25)32-31(23-13-17-26(18-14-23)40-35-42-30(46)22-49-35)43-34-27-8-4-5-9-28(27)41-33-29(45(32)34)10-6-21-39-33;34-33(16-4-17-33)22-12-8-21(9-13-22)29-28(20-10-14-23(15-11-20)36-32-38-27(41)19-42-32)39-31-24-5-1-2-6-25(24)37-30-26(40(29)31)7-3-18-35-30/h4-6,8-18,21H,7,19-20,22H2,1-3H3,(H,39,41)(H,44,47)(H,40,42,46);1-3,5-15,18H,4,16-17,19,34H2,(H,35,37)(H,36,38,41). The van der Waals surface area contributed by atoms with Gasteiger partial charge in [0.25, 0.3) is 0 Å². The van der Waals surface area contributed by atoms with Gasteiger partial charge in [-0.25, -0.2) is 34.7 Å². The Bertz CT molecular complexity index is 4600. The van der Waals surface area contributed by atoms with Crippen LogP contribution in [0.1, 0.15) is 70.4 Å². The highest BCUT2D eigenvalue weighted by Gasteiger charge is 2.42. The molecule has 16 rings (SSSR count). The lowest BCUT2D eigenvalue weighted by Crippen LogP contribution is -2.52. The number of hydrogen-bond donors (Lipinski definition) is 6. The molecule has 8 heterocycles. The minimum absolute atomic E-state index is 0.0204. The number of nitrogens with zero attached hydrogens (tertiary/aromatic N) is 8. The summed E-state index contributed by atoms with van der Waals surface area (Å²) in [6.45, 7) is 5.62.